The maximum Gasteiger partial charge on any atom is 0.320 e. The van der Waals surface area contributed by atoms with Crippen molar-refractivity contribution < 1.29 is 23.6 Å². The van der Waals surface area contributed by atoms with Crippen LogP contribution in [-0.2, 0) is 20.3 Å². The van der Waals surface area contributed by atoms with Gasteiger partial charge in [0.1, 0.15) is 5.92 Å². The van der Waals surface area contributed by atoms with Crippen LogP contribution in [0.5, 0.6) is 0 Å². The van der Waals surface area contributed by atoms with E-state index in [2.05, 4.69) is 0 Å². The van der Waals surface area contributed by atoms with Crippen LogP contribution in [0.4, 0.5) is 4.79 Å². The van der Waals surface area contributed by atoms with Crippen molar-refractivity contribution in [1.82, 2.24) is 9.80 Å². The molecule has 7 nitrogen and oxygen atoms in total. The zero-order chi connectivity index (χ0) is 15.4. The Balaban J connectivity index is 2.08. The smallest absolute Gasteiger partial charge is 0.320 e. The van der Waals surface area contributed by atoms with E-state index in [1.165, 1.54) is 0 Å². The number of urea groups is 1. The lowest BCUT2D eigenvalue weighted by atomic mass is 10.0. The molecule has 2 rings (SSSR count). The number of ether oxygens (including phenoxy) is 1. The van der Waals surface area contributed by atoms with Crippen LogP contribution in [-0.4, -0.2) is 81.5 Å². The second-order valence-electron chi connectivity index (χ2n) is 5.36. The fraction of sp³-hybridized carbons (Fsp3) is 0.846. The van der Waals surface area contributed by atoms with Crippen molar-refractivity contribution in [3.63, 3.8) is 0 Å². The van der Waals surface area contributed by atoms with E-state index >= 15 is 0 Å². The summed E-state index contributed by atoms with van der Waals surface area (Å²) in [6.07, 6.45) is 0.758. The Kier molecular flexibility index (Phi) is 5.58. The van der Waals surface area contributed by atoms with Crippen LogP contribution in [0.25, 0.3) is 0 Å². The zero-order valence-electron chi connectivity index (χ0n) is 12.2. The Hall–Kier alpha value is -1.15. The van der Waals surface area contributed by atoms with Crippen molar-refractivity contribution in [2.75, 3.05) is 44.4 Å². The molecule has 2 fully saturated rings. The molecule has 2 unspecified atom stereocenters. The molecule has 120 valence electrons. The van der Waals surface area contributed by atoms with Gasteiger partial charge in [0.05, 0.1) is 19.3 Å². The van der Waals surface area contributed by atoms with E-state index in [-0.39, 0.29) is 19.2 Å². The average Bonchev–Trinajstić information content (AvgIpc) is 2.94. The quantitative estimate of drug-likeness (QED) is 0.787. The molecule has 21 heavy (non-hydrogen) atoms. The lowest BCUT2D eigenvalue weighted by molar-refractivity contribution is -0.142. The molecule has 8 heteroatoms. The molecule has 2 atom stereocenters. The van der Waals surface area contributed by atoms with Crippen LogP contribution in [0, 0.1) is 5.92 Å². The van der Waals surface area contributed by atoms with E-state index in [9.17, 15) is 18.9 Å². The Bertz CT molecular complexity index is 421. The first kappa shape index (κ1) is 16.2. The molecule has 0 aromatic carbocycles. The molecular formula is C13H22N2O5S. The highest BCUT2D eigenvalue weighted by Crippen LogP contribution is 2.22. The van der Waals surface area contributed by atoms with Crippen molar-refractivity contribution >= 4 is 22.8 Å². The monoisotopic (exact) mass is 318 g/mol. The minimum atomic E-state index is -0.925. The normalized spacial score (nSPS) is 26.8. The molecule has 2 aliphatic heterocycles. The number of carboxylic acid groups (broad SMARTS) is 1. The van der Waals surface area contributed by atoms with Crippen LogP contribution in [0.1, 0.15) is 13.3 Å². The molecule has 0 spiro atoms. The van der Waals surface area contributed by atoms with Crippen molar-refractivity contribution in [2.45, 2.75) is 19.4 Å². The zero-order valence-corrected chi connectivity index (χ0v) is 13.0. The summed E-state index contributed by atoms with van der Waals surface area (Å²) in [6, 6.07) is -0.572. The van der Waals surface area contributed by atoms with E-state index in [0.717, 1.165) is 6.42 Å². The van der Waals surface area contributed by atoms with Crippen molar-refractivity contribution in [1.29, 1.82) is 0 Å². The molecule has 0 radical (unpaired) electrons. The molecular weight excluding hydrogens is 296 g/mol. The summed E-state index contributed by atoms with van der Waals surface area (Å²) < 4.78 is 16.7. The number of amides is 2. The summed E-state index contributed by atoms with van der Waals surface area (Å²) in [6.45, 7) is 3.82. The third-order valence-corrected chi connectivity index (χ3v) is 5.20. The first-order valence-electron chi connectivity index (χ1n) is 7.25. The van der Waals surface area contributed by atoms with Crippen molar-refractivity contribution in [3.05, 3.63) is 0 Å². The Morgan fingerprint density at radius 2 is 2.00 bits per heavy atom. The molecule has 2 heterocycles. The highest BCUT2D eigenvalue weighted by molar-refractivity contribution is 7.85. The molecule has 0 bridgehead atoms. The van der Waals surface area contributed by atoms with Gasteiger partial charge in [-0.05, 0) is 6.42 Å². The first-order chi connectivity index (χ1) is 10.0. The van der Waals surface area contributed by atoms with Crippen LogP contribution < -0.4 is 0 Å². The SMILES string of the molecule is CCCN(C(=O)N1CCS(=O)CC1)C1COCC1C(=O)O. The number of carboxylic acids is 1. The van der Waals surface area contributed by atoms with Gasteiger partial charge in [0.2, 0.25) is 0 Å². The molecule has 0 aliphatic carbocycles. The molecule has 2 amide bonds. The number of carbonyl (C=O) groups excluding carboxylic acids is 1. The van der Waals surface area contributed by atoms with Gasteiger partial charge in [0, 0.05) is 41.9 Å². The molecule has 0 aromatic heterocycles. The highest BCUT2D eigenvalue weighted by atomic mass is 32.2. The topological polar surface area (TPSA) is 87.2 Å². The van der Waals surface area contributed by atoms with E-state index in [0.29, 0.717) is 31.1 Å². The molecule has 0 aromatic rings. The number of aliphatic carboxylic acids is 1. The number of rotatable bonds is 4. The van der Waals surface area contributed by atoms with Crippen molar-refractivity contribution in [3.8, 4) is 0 Å². The van der Waals surface area contributed by atoms with Gasteiger partial charge in [-0.3, -0.25) is 9.00 Å². The second-order valence-corrected chi connectivity index (χ2v) is 7.06. The number of nitrogens with zero attached hydrogens (tertiary/aromatic N) is 2. The largest absolute Gasteiger partial charge is 0.481 e. The third-order valence-electron chi connectivity index (χ3n) is 3.93. The predicted octanol–water partition coefficient (Wildman–Crippen LogP) is -0.0177. The van der Waals surface area contributed by atoms with Gasteiger partial charge in [0.25, 0.3) is 0 Å². The summed E-state index contributed by atoms with van der Waals surface area (Å²) in [5, 5.41) is 9.26. The predicted molar refractivity (Wildman–Crippen MR) is 77.6 cm³/mol. The van der Waals surface area contributed by atoms with Crippen LogP contribution >= 0.6 is 0 Å². The van der Waals surface area contributed by atoms with E-state index in [1.54, 1.807) is 9.80 Å². The summed E-state index contributed by atoms with van der Waals surface area (Å²) in [5.41, 5.74) is 0. The van der Waals surface area contributed by atoms with Crippen LogP contribution in [0.15, 0.2) is 0 Å². The minimum absolute atomic E-state index is 0.150. The van der Waals surface area contributed by atoms with Gasteiger partial charge in [-0.15, -0.1) is 0 Å². The first-order valence-corrected chi connectivity index (χ1v) is 8.74. The maximum absolute atomic E-state index is 12.7. The molecule has 2 aliphatic rings. The fourth-order valence-corrected chi connectivity index (χ4v) is 3.79. The summed E-state index contributed by atoms with van der Waals surface area (Å²) >= 11 is 0. The maximum atomic E-state index is 12.7. The molecule has 2 saturated heterocycles. The molecule has 0 saturated carbocycles. The van der Waals surface area contributed by atoms with Gasteiger partial charge in [0.15, 0.2) is 0 Å². The van der Waals surface area contributed by atoms with E-state index in [1.807, 2.05) is 6.92 Å². The summed E-state index contributed by atoms with van der Waals surface area (Å²) in [5.74, 6) is -0.602. The van der Waals surface area contributed by atoms with Crippen LogP contribution in [0.3, 0.4) is 0 Å². The number of hydrogen-bond acceptors (Lipinski definition) is 4. The van der Waals surface area contributed by atoms with E-state index in [4.69, 9.17) is 4.74 Å². The fourth-order valence-electron chi connectivity index (χ4n) is 2.74. The van der Waals surface area contributed by atoms with Gasteiger partial charge in [-0.25, -0.2) is 4.79 Å². The lowest BCUT2D eigenvalue weighted by Gasteiger charge is -2.36. The summed E-state index contributed by atoms with van der Waals surface area (Å²) in [4.78, 5) is 27.2. The average molecular weight is 318 g/mol. The number of hydrogen-bond donors (Lipinski definition) is 1. The Morgan fingerprint density at radius 3 is 2.57 bits per heavy atom. The Morgan fingerprint density at radius 1 is 1.33 bits per heavy atom. The highest BCUT2D eigenvalue weighted by Gasteiger charge is 2.41. The third kappa shape index (κ3) is 3.74. The van der Waals surface area contributed by atoms with Gasteiger partial charge in [-0.1, -0.05) is 6.92 Å². The van der Waals surface area contributed by atoms with Gasteiger partial charge < -0.3 is 19.6 Å². The van der Waals surface area contributed by atoms with Crippen LogP contribution in [0.2, 0.25) is 0 Å². The lowest BCUT2D eigenvalue weighted by Crippen LogP contribution is -2.54. The number of carbonyl (C=O) groups is 2. The standard InChI is InChI=1S/C13H22N2O5S/c1-2-3-15(11-9-20-8-10(11)12(16)17)13(18)14-4-6-21(19)7-5-14/h10-11H,2-9H2,1H3,(H,16,17). The molecule has 1 N–H and O–H groups in total. The van der Waals surface area contributed by atoms with Crippen molar-refractivity contribution in [2.24, 2.45) is 5.92 Å². The van der Waals surface area contributed by atoms with E-state index < -0.39 is 28.7 Å². The van der Waals surface area contributed by atoms with Gasteiger partial charge in [-0.2, -0.15) is 0 Å². The second kappa shape index (κ2) is 7.22. The van der Waals surface area contributed by atoms with Gasteiger partial charge >= 0.3 is 12.0 Å². The summed E-state index contributed by atoms with van der Waals surface area (Å²) in [7, 11) is -0.842. The Labute approximate surface area is 126 Å². The minimum Gasteiger partial charge on any atom is -0.481 e.